The first kappa shape index (κ1) is 13.1. The van der Waals surface area contributed by atoms with Gasteiger partial charge in [-0.15, -0.1) is 0 Å². The molecule has 1 aromatic rings. The molecule has 1 aliphatic carbocycles. The van der Waals surface area contributed by atoms with E-state index in [0.29, 0.717) is 12.3 Å². The Morgan fingerprint density at radius 2 is 2.32 bits per heavy atom. The number of nitrogens with zero attached hydrogens (tertiary/aromatic N) is 1. The summed E-state index contributed by atoms with van der Waals surface area (Å²) in [5.41, 5.74) is 1.28. The second-order valence-electron chi connectivity index (χ2n) is 5.82. The van der Waals surface area contributed by atoms with Crippen molar-refractivity contribution >= 4 is 17.2 Å². The van der Waals surface area contributed by atoms with E-state index >= 15 is 0 Å². The van der Waals surface area contributed by atoms with Gasteiger partial charge in [-0.05, 0) is 60.5 Å². The number of hydrogen-bond donors (Lipinski definition) is 1. The van der Waals surface area contributed by atoms with Gasteiger partial charge in [0.2, 0.25) is 5.91 Å². The zero-order valence-electron chi connectivity index (χ0n) is 11.3. The smallest absolute Gasteiger partial charge is 0.220 e. The molecule has 0 unspecified atom stereocenters. The van der Waals surface area contributed by atoms with Crippen LogP contribution < -0.4 is 5.32 Å². The molecule has 0 aromatic carbocycles. The van der Waals surface area contributed by atoms with E-state index in [0.717, 1.165) is 19.0 Å². The van der Waals surface area contributed by atoms with Gasteiger partial charge in [0.05, 0.1) is 0 Å². The van der Waals surface area contributed by atoms with Gasteiger partial charge in [-0.2, -0.15) is 11.3 Å². The van der Waals surface area contributed by atoms with Crippen LogP contribution >= 0.6 is 11.3 Å². The molecule has 1 saturated carbocycles. The minimum Gasteiger partial charge on any atom is -0.356 e. The van der Waals surface area contributed by atoms with Crippen LogP contribution in [0.3, 0.4) is 0 Å². The maximum Gasteiger partial charge on any atom is 0.220 e. The Labute approximate surface area is 119 Å². The number of likely N-dealkylation sites (tertiary alicyclic amines) is 1. The van der Waals surface area contributed by atoms with Crippen LogP contribution in [-0.4, -0.2) is 36.5 Å². The molecule has 0 spiro atoms. The second-order valence-corrected chi connectivity index (χ2v) is 6.60. The molecule has 19 heavy (non-hydrogen) atoms. The minimum absolute atomic E-state index is 0.205. The SMILES string of the molecule is O=C(CCc1ccsc1)NC[C@@H]1CCN(C2CC2)C1. The molecule has 2 aliphatic rings. The first-order valence-electron chi connectivity index (χ1n) is 7.33. The Morgan fingerprint density at radius 3 is 3.05 bits per heavy atom. The molecule has 0 bridgehead atoms. The third-order valence-corrected chi connectivity index (χ3v) is 4.92. The maximum atomic E-state index is 11.8. The molecule has 4 heteroatoms. The van der Waals surface area contributed by atoms with Gasteiger partial charge >= 0.3 is 0 Å². The molecule has 1 saturated heterocycles. The monoisotopic (exact) mass is 278 g/mol. The predicted molar refractivity (Wildman–Crippen MR) is 78.4 cm³/mol. The van der Waals surface area contributed by atoms with E-state index in [2.05, 4.69) is 27.0 Å². The molecular formula is C15H22N2OS. The average Bonchev–Trinajstić information content (AvgIpc) is 2.95. The Balaban J connectivity index is 1.32. The summed E-state index contributed by atoms with van der Waals surface area (Å²) in [4.78, 5) is 14.4. The molecule has 1 aliphatic heterocycles. The number of rotatable bonds is 6. The van der Waals surface area contributed by atoms with Crippen LogP contribution in [0.2, 0.25) is 0 Å². The van der Waals surface area contributed by atoms with Crippen LogP contribution in [0.4, 0.5) is 0 Å². The fourth-order valence-corrected chi connectivity index (χ4v) is 3.54. The van der Waals surface area contributed by atoms with Gasteiger partial charge in [-0.25, -0.2) is 0 Å². The molecule has 104 valence electrons. The Hall–Kier alpha value is -0.870. The standard InChI is InChI=1S/C15H22N2OS/c18-15(4-1-12-6-8-19-11-12)16-9-13-5-7-17(10-13)14-2-3-14/h6,8,11,13-14H,1-5,7,9-10H2,(H,16,18)/t13-/m0/s1. The van der Waals surface area contributed by atoms with Crippen molar-refractivity contribution in [2.45, 2.75) is 38.1 Å². The van der Waals surface area contributed by atoms with Crippen LogP contribution in [0, 0.1) is 5.92 Å². The number of carbonyl (C=O) groups is 1. The van der Waals surface area contributed by atoms with E-state index in [1.54, 1.807) is 11.3 Å². The van der Waals surface area contributed by atoms with E-state index in [4.69, 9.17) is 0 Å². The average molecular weight is 278 g/mol. The summed E-state index contributed by atoms with van der Waals surface area (Å²) in [5.74, 6) is 0.877. The van der Waals surface area contributed by atoms with Crippen molar-refractivity contribution in [1.82, 2.24) is 10.2 Å². The quantitative estimate of drug-likeness (QED) is 0.866. The Bertz CT molecular complexity index is 414. The largest absolute Gasteiger partial charge is 0.356 e. The lowest BCUT2D eigenvalue weighted by Crippen LogP contribution is -2.31. The van der Waals surface area contributed by atoms with Crippen molar-refractivity contribution in [3.8, 4) is 0 Å². The van der Waals surface area contributed by atoms with E-state index in [9.17, 15) is 4.79 Å². The van der Waals surface area contributed by atoms with E-state index in [-0.39, 0.29) is 5.91 Å². The van der Waals surface area contributed by atoms with Crippen molar-refractivity contribution in [3.05, 3.63) is 22.4 Å². The second kappa shape index (κ2) is 6.06. The lowest BCUT2D eigenvalue weighted by Gasteiger charge is -2.15. The summed E-state index contributed by atoms with van der Waals surface area (Å²) in [6.07, 6.45) is 5.52. The number of amides is 1. The summed E-state index contributed by atoms with van der Waals surface area (Å²) in [6, 6.07) is 2.97. The van der Waals surface area contributed by atoms with Gasteiger partial charge in [0, 0.05) is 25.6 Å². The van der Waals surface area contributed by atoms with Crippen molar-refractivity contribution in [2.75, 3.05) is 19.6 Å². The van der Waals surface area contributed by atoms with Crippen molar-refractivity contribution in [1.29, 1.82) is 0 Å². The first-order chi connectivity index (χ1) is 9.31. The lowest BCUT2D eigenvalue weighted by molar-refractivity contribution is -0.121. The molecule has 3 nitrogen and oxygen atoms in total. The predicted octanol–water partition coefficient (Wildman–Crippen LogP) is 2.28. The van der Waals surface area contributed by atoms with Crippen LogP contribution in [0.1, 0.15) is 31.2 Å². The van der Waals surface area contributed by atoms with Crippen LogP contribution in [0.25, 0.3) is 0 Å². The summed E-state index contributed by atoms with van der Waals surface area (Å²) in [5, 5.41) is 7.30. The summed E-state index contributed by atoms with van der Waals surface area (Å²) < 4.78 is 0. The molecule has 1 N–H and O–H groups in total. The molecule has 1 aromatic heterocycles. The van der Waals surface area contributed by atoms with Crippen LogP contribution in [-0.2, 0) is 11.2 Å². The van der Waals surface area contributed by atoms with E-state index < -0.39 is 0 Å². The van der Waals surface area contributed by atoms with Gasteiger partial charge < -0.3 is 10.2 Å². The topological polar surface area (TPSA) is 32.3 Å². The number of nitrogens with one attached hydrogen (secondary N) is 1. The van der Waals surface area contributed by atoms with Crippen LogP contribution in [0.5, 0.6) is 0 Å². The van der Waals surface area contributed by atoms with Gasteiger partial charge in [0.1, 0.15) is 0 Å². The highest BCUT2D eigenvalue weighted by Gasteiger charge is 2.34. The highest BCUT2D eigenvalue weighted by Crippen LogP contribution is 2.31. The molecule has 3 rings (SSSR count). The Morgan fingerprint density at radius 1 is 1.42 bits per heavy atom. The summed E-state index contributed by atoms with van der Waals surface area (Å²) >= 11 is 1.70. The summed E-state index contributed by atoms with van der Waals surface area (Å²) in [6.45, 7) is 3.29. The van der Waals surface area contributed by atoms with Crippen molar-refractivity contribution in [2.24, 2.45) is 5.92 Å². The number of carbonyl (C=O) groups excluding carboxylic acids is 1. The van der Waals surface area contributed by atoms with E-state index in [1.165, 1.54) is 37.9 Å². The molecule has 2 heterocycles. The van der Waals surface area contributed by atoms with Gasteiger partial charge in [-0.1, -0.05) is 0 Å². The zero-order chi connectivity index (χ0) is 13.1. The Kier molecular flexibility index (Phi) is 4.18. The highest BCUT2D eigenvalue weighted by molar-refractivity contribution is 7.07. The van der Waals surface area contributed by atoms with Crippen LogP contribution in [0.15, 0.2) is 16.8 Å². The third-order valence-electron chi connectivity index (χ3n) is 4.19. The normalized spacial score (nSPS) is 23.7. The fraction of sp³-hybridized carbons (Fsp3) is 0.667. The first-order valence-corrected chi connectivity index (χ1v) is 8.27. The molecule has 1 atom stereocenters. The molecule has 0 radical (unpaired) electrons. The molecule has 1 amide bonds. The number of thiophene rings is 1. The van der Waals surface area contributed by atoms with Crippen molar-refractivity contribution < 1.29 is 4.79 Å². The third kappa shape index (κ3) is 3.80. The van der Waals surface area contributed by atoms with Gasteiger partial charge in [0.15, 0.2) is 0 Å². The highest BCUT2D eigenvalue weighted by atomic mass is 32.1. The molecule has 2 fully saturated rings. The molecular weight excluding hydrogens is 256 g/mol. The number of aryl methyl sites for hydroxylation is 1. The minimum atomic E-state index is 0.205. The zero-order valence-corrected chi connectivity index (χ0v) is 12.1. The van der Waals surface area contributed by atoms with E-state index in [1.807, 2.05) is 0 Å². The summed E-state index contributed by atoms with van der Waals surface area (Å²) in [7, 11) is 0. The van der Waals surface area contributed by atoms with Gasteiger partial charge in [0.25, 0.3) is 0 Å². The van der Waals surface area contributed by atoms with Gasteiger partial charge in [-0.3, -0.25) is 4.79 Å². The fourth-order valence-electron chi connectivity index (χ4n) is 2.84. The maximum absolute atomic E-state index is 11.8. The number of hydrogen-bond acceptors (Lipinski definition) is 3. The van der Waals surface area contributed by atoms with Crippen molar-refractivity contribution in [3.63, 3.8) is 0 Å². The lowest BCUT2D eigenvalue weighted by atomic mass is 10.1.